The van der Waals surface area contributed by atoms with Gasteiger partial charge in [-0.25, -0.2) is 4.79 Å². The van der Waals surface area contributed by atoms with Gasteiger partial charge in [0.15, 0.2) is 0 Å². The molecule has 0 saturated carbocycles. The number of hydrogen-bond donors (Lipinski definition) is 0. The summed E-state index contributed by atoms with van der Waals surface area (Å²) >= 11 is 0. The summed E-state index contributed by atoms with van der Waals surface area (Å²) in [6.07, 6.45) is 1.25. The first-order valence-corrected chi connectivity index (χ1v) is 4.93. The summed E-state index contributed by atoms with van der Waals surface area (Å²) in [5, 5.41) is 0. The molecule has 0 rings (SSSR count). The summed E-state index contributed by atoms with van der Waals surface area (Å²) in [6.45, 7) is 10.5. The second-order valence-electron chi connectivity index (χ2n) is 3.43. The summed E-state index contributed by atoms with van der Waals surface area (Å²) < 4.78 is 4.83. The molecule has 0 aliphatic rings. The van der Waals surface area contributed by atoms with Crippen LogP contribution in [0.15, 0.2) is 12.2 Å². The number of rotatable bonds is 4. The molecular formula is C11H23NO2. The van der Waals surface area contributed by atoms with Crippen molar-refractivity contribution in [2.24, 2.45) is 0 Å². The third kappa shape index (κ3) is 13.7. The molecule has 0 saturated heterocycles. The SMILES string of the molecule is C=C(C)C(=O)OCCN(C)C.CCC. The van der Waals surface area contributed by atoms with E-state index in [2.05, 4.69) is 20.4 Å². The van der Waals surface area contributed by atoms with Crippen LogP contribution in [-0.4, -0.2) is 38.1 Å². The van der Waals surface area contributed by atoms with Gasteiger partial charge >= 0.3 is 5.97 Å². The second-order valence-corrected chi connectivity index (χ2v) is 3.43. The number of hydrogen-bond acceptors (Lipinski definition) is 3. The average molecular weight is 201 g/mol. The number of esters is 1. The molecular weight excluding hydrogens is 178 g/mol. The quantitative estimate of drug-likeness (QED) is 0.515. The fourth-order valence-electron chi connectivity index (χ4n) is 0.444. The van der Waals surface area contributed by atoms with Crippen LogP contribution in [0.25, 0.3) is 0 Å². The van der Waals surface area contributed by atoms with Gasteiger partial charge in [-0.05, 0) is 21.0 Å². The summed E-state index contributed by atoms with van der Waals surface area (Å²) in [5.74, 6) is -0.313. The van der Waals surface area contributed by atoms with Crippen molar-refractivity contribution in [3.8, 4) is 0 Å². The lowest BCUT2D eigenvalue weighted by Crippen LogP contribution is -2.20. The highest BCUT2D eigenvalue weighted by molar-refractivity contribution is 5.86. The minimum atomic E-state index is -0.313. The van der Waals surface area contributed by atoms with E-state index in [-0.39, 0.29) is 5.97 Å². The standard InChI is InChI=1S/C8H15NO2.C3H8/c1-7(2)8(10)11-6-5-9(3)4;1-3-2/h1,5-6H2,2-4H3;3H2,1-2H3. The summed E-state index contributed by atoms with van der Waals surface area (Å²) in [7, 11) is 3.85. The Morgan fingerprint density at radius 1 is 1.36 bits per heavy atom. The first kappa shape index (κ1) is 15.6. The number of nitrogens with zero attached hydrogens (tertiary/aromatic N) is 1. The maximum absolute atomic E-state index is 10.8. The highest BCUT2D eigenvalue weighted by Crippen LogP contribution is 1.91. The molecule has 0 N–H and O–H groups in total. The lowest BCUT2D eigenvalue weighted by Gasteiger charge is -2.09. The molecule has 14 heavy (non-hydrogen) atoms. The molecule has 0 aromatic heterocycles. The molecule has 0 heterocycles. The van der Waals surface area contributed by atoms with Gasteiger partial charge < -0.3 is 9.64 Å². The van der Waals surface area contributed by atoms with E-state index in [0.717, 1.165) is 6.54 Å². The van der Waals surface area contributed by atoms with Crippen LogP contribution < -0.4 is 0 Å². The van der Waals surface area contributed by atoms with E-state index in [4.69, 9.17) is 4.74 Å². The van der Waals surface area contributed by atoms with Crippen molar-refractivity contribution in [2.75, 3.05) is 27.2 Å². The highest BCUT2D eigenvalue weighted by atomic mass is 16.5. The van der Waals surface area contributed by atoms with Gasteiger partial charge in [0.25, 0.3) is 0 Å². The molecule has 0 atom stereocenters. The largest absolute Gasteiger partial charge is 0.461 e. The first-order valence-electron chi connectivity index (χ1n) is 4.93. The molecule has 0 aromatic rings. The maximum Gasteiger partial charge on any atom is 0.333 e. The van der Waals surface area contributed by atoms with Crippen molar-refractivity contribution in [3.63, 3.8) is 0 Å². The van der Waals surface area contributed by atoms with E-state index >= 15 is 0 Å². The minimum absolute atomic E-state index is 0.313. The Hall–Kier alpha value is -0.830. The Bertz CT molecular complexity index is 165. The summed E-state index contributed by atoms with van der Waals surface area (Å²) in [6, 6.07) is 0. The number of carbonyl (C=O) groups excluding carboxylic acids is 1. The zero-order chi connectivity index (χ0) is 11.6. The van der Waals surface area contributed by atoms with Crippen molar-refractivity contribution < 1.29 is 9.53 Å². The molecule has 0 bridgehead atoms. The van der Waals surface area contributed by atoms with Gasteiger partial charge in [0.1, 0.15) is 6.61 Å². The van der Waals surface area contributed by atoms with Gasteiger partial charge in [-0.3, -0.25) is 0 Å². The zero-order valence-electron chi connectivity index (χ0n) is 10.1. The molecule has 3 nitrogen and oxygen atoms in total. The Morgan fingerprint density at radius 3 is 2.07 bits per heavy atom. The van der Waals surface area contributed by atoms with Crippen molar-refractivity contribution in [2.45, 2.75) is 27.2 Å². The van der Waals surface area contributed by atoms with Crippen molar-refractivity contribution in [1.29, 1.82) is 0 Å². The van der Waals surface area contributed by atoms with Gasteiger partial charge in [-0.1, -0.05) is 26.8 Å². The maximum atomic E-state index is 10.8. The van der Waals surface area contributed by atoms with E-state index in [0.29, 0.717) is 12.2 Å². The van der Waals surface area contributed by atoms with Crippen LogP contribution in [0.2, 0.25) is 0 Å². The predicted octanol–water partition coefficient (Wildman–Crippen LogP) is 2.08. The van der Waals surface area contributed by atoms with E-state index in [1.54, 1.807) is 6.92 Å². The third-order valence-corrected chi connectivity index (χ3v) is 1.12. The van der Waals surface area contributed by atoms with Gasteiger partial charge in [0, 0.05) is 12.1 Å². The topological polar surface area (TPSA) is 29.5 Å². The Kier molecular flexibility index (Phi) is 11.4. The van der Waals surface area contributed by atoms with Crippen molar-refractivity contribution >= 4 is 5.97 Å². The molecule has 0 unspecified atom stereocenters. The molecule has 0 aliphatic heterocycles. The number of carbonyl (C=O) groups is 1. The van der Waals surface area contributed by atoms with Crippen molar-refractivity contribution in [3.05, 3.63) is 12.2 Å². The fraction of sp³-hybridized carbons (Fsp3) is 0.727. The van der Waals surface area contributed by atoms with Crippen LogP contribution in [0.1, 0.15) is 27.2 Å². The third-order valence-electron chi connectivity index (χ3n) is 1.12. The Balaban J connectivity index is 0. The monoisotopic (exact) mass is 201 g/mol. The molecule has 3 heteroatoms. The van der Waals surface area contributed by atoms with Gasteiger partial charge in [0.2, 0.25) is 0 Å². The fourth-order valence-corrected chi connectivity index (χ4v) is 0.444. The number of ether oxygens (including phenoxy) is 1. The highest BCUT2D eigenvalue weighted by Gasteiger charge is 2.01. The predicted molar refractivity (Wildman–Crippen MR) is 60.3 cm³/mol. The molecule has 0 spiro atoms. The van der Waals surface area contributed by atoms with Crippen LogP contribution in [0.4, 0.5) is 0 Å². The van der Waals surface area contributed by atoms with Crippen LogP contribution in [0.3, 0.4) is 0 Å². The Labute approximate surface area is 87.7 Å². The minimum Gasteiger partial charge on any atom is -0.461 e. The summed E-state index contributed by atoms with van der Waals surface area (Å²) in [5.41, 5.74) is 0.448. The van der Waals surface area contributed by atoms with Crippen LogP contribution in [-0.2, 0) is 9.53 Å². The zero-order valence-corrected chi connectivity index (χ0v) is 10.1. The van der Waals surface area contributed by atoms with Crippen LogP contribution in [0.5, 0.6) is 0 Å². The van der Waals surface area contributed by atoms with Crippen LogP contribution >= 0.6 is 0 Å². The van der Waals surface area contributed by atoms with E-state index in [9.17, 15) is 4.79 Å². The number of likely N-dealkylation sites (N-methyl/N-ethyl adjacent to an activating group) is 1. The molecule has 0 fully saturated rings. The molecule has 0 amide bonds. The van der Waals surface area contributed by atoms with Crippen LogP contribution in [0, 0.1) is 0 Å². The lowest BCUT2D eigenvalue weighted by molar-refractivity contribution is -0.139. The van der Waals surface area contributed by atoms with Gasteiger partial charge in [-0.2, -0.15) is 0 Å². The lowest BCUT2D eigenvalue weighted by atomic mass is 10.4. The molecule has 0 aromatic carbocycles. The smallest absolute Gasteiger partial charge is 0.333 e. The summed E-state index contributed by atoms with van der Waals surface area (Å²) in [4.78, 5) is 12.7. The van der Waals surface area contributed by atoms with E-state index in [1.165, 1.54) is 6.42 Å². The van der Waals surface area contributed by atoms with Gasteiger partial charge in [0.05, 0.1) is 0 Å². The van der Waals surface area contributed by atoms with E-state index < -0.39 is 0 Å². The molecule has 84 valence electrons. The first-order chi connectivity index (χ1) is 6.45. The average Bonchev–Trinajstić information content (AvgIpc) is 2.04. The Morgan fingerprint density at radius 2 is 1.79 bits per heavy atom. The van der Waals surface area contributed by atoms with Crippen molar-refractivity contribution in [1.82, 2.24) is 4.90 Å². The molecule has 0 radical (unpaired) electrons. The second kappa shape index (κ2) is 10.3. The molecule has 0 aliphatic carbocycles. The normalized spacial score (nSPS) is 9.00. The van der Waals surface area contributed by atoms with Gasteiger partial charge in [-0.15, -0.1) is 0 Å². The van der Waals surface area contributed by atoms with E-state index in [1.807, 2.05) is 19.0 Å².